The molecule has 3 nitrogen and oxygen atoms in total. The van der Waals surface area contributed by atoms with E-state index in [-0.39, 0.29) is 23.1 Å². The summed E-state index contributed by atoms with van der Waals surface area (Å²) in [5.74, 6) is 0.500. The van der Waals surface area contributed by atoms with Gasteiger partial charge in [-0.3, -0.25) is 9.93 Å². The summed E-state index contributed by atoms with van der Waals surface area (Å²) in [6, 6.07) is 0. The van der Waals surface area contributed by atoms with Crippen LogP contribution < -0.4 is 5.14 Å². The molecule has 0 spiro atoms. The number of aliphatic hydroxyl groups excluding tert-OH is 1. The summed E-state index contributed by atoms with van der Waals surface area (Å²) in [5.41, 5.74) is 0. The number of ketones is 1. The van der Waals surface area contributed by atoms with Crippen molar-refractivity contribution < 1.29 is 9.90 Å². The first-order chi connectivity index (χ1) is 5.24. The van der Waals surface area contributed by atoms with Gasteiger partial charge in [0.25, 0.3) is 0 Å². The van der Waals surface area contributed by atoms with Crippen LogP contribution in [0, 0.1) is 11.8 Å². The van der Waals surface area contributed by atoms with Crippen LogP contribution in [0.2, 0.25) is 0 Å². The van der Waals surface area contributed by atoms with Crippen molar-refractivity contribution in [3.63, 3.8) is 0 Å². The minimum atomic E-state index is -0.371. The monoisotopic (exact) mass is 173 g/mol. The van der Waals surface area contributed by atoms with Crippen molar-refractivity contribution >= 4 is 17.7 Å². The number of Topliss-reactive ketones (excluding diaryl/α,β-unsaturated/α-hetero) is 1. The Morgan fingerprint density at radius 3 is 2.82 bits per heavy atom. The van der Waals surface area contributed by atoms with Gasteiger partial charge in [0.1, 0.15) is 5.78 Å². The lowest BCUT2D eigenvalue weighted by Gasteiger charge is -2.37. The van der Waals surface area contributed by atoms with Crippen molar-refractivity contribution in [3.05, 3.63) is 0 Å². The molecule has 4 heteroatoms. The van der Waals surface area contributed by atoms with E-state index in [0.717, 1.165) is 6.42 Å². The Morgan fingerprint density at radius 1 is 1.64 bits per heavy atom. The summed E-state index contributed by atoms with van der Waals surface area (Å²) >= 11 is 1.27. The van der Waals surface area contributed by atoms with Crippen LogP contribution in [0.3, 0.4) is 0 Å². The van der Waals surface area contributed by atoms with E-state index in [2.05, 4.69) is 0 Å². The number of hydrogen-bond donors (Lipinski definition) is 2. The average Bonchev–Trinajstić information content (AvgIpc) is 2.20. The zero-order chi connectivity index (χ0) is 8.01. The molecule has 3 N–H and O–H groups in total. The van der Waals surface area contributed by atoms with Crippen LogP contribution in [0.1, 0.15) is 12.8 Å². The van der Waals surface area contributed by atoms with E-state index in [4.69, 9.17) is 5.14 Å². The Kier molecular flexibility index (Phi) is 1.70. The maximum absolute atomic E-state index is 11.2. The third-order valence-electron chi connectivity index (χ3n) is 2.82. The Balaban J connectivity index is 2.10. The van der Waals surface area contributed by atoms with Gasteiger partial charge in [-0.2, -0.15) is 0 Å². The average molecular weight is 173 g/mol. The molecule has 0 saturated heterocycles. The minimum absolute atomic E-state index is 0.0731. The fourth-order valence-corrected chi connectivity index (χ4v) is 2.88. The van der Waals surface area contributed by atoms with Crippen LogP contribution in [0.15, 0.2) is 0 Å². The summed E-state index contributed by atoms with van der Waals surface area (Å²) in [6.45, 7) is 0. The lowest BCUT2D eigenvalue weighted by molar-refractivity contribution is -0.130. The molecule has 0 aromatic rings. The number of rotatable bonds is 1. The van der Waals surface area contributed by atoms with E-state index in [9.17, 15) is 9.90 Å². The first kappa shape index (κ1) is 7.58. The second-order valence-electron chi connectivity index (χ2n) is 3.34. The Morgan fingerprint density at radius 2 is 2.36 bits per heavy atom. The first-order valence-corrected chi connectivity index (χ1v) is 4.74. The zero-order valence-corrected chi connectivity index (χ0v) is 6.88. The number of fused-ring (bicyclic) bond motifs is 1. The summed E-state index contributed by atoms with van der Waals surface area (Å²) in [4.78, 5) is 11.2. The summed E-state index contributed by atoms with van der Waals surface area (Å²) < 4.78 is 0. The highest BCUT2D eigenvalue weighted by Gasteiger charge is 2.53. The molecule has 0 aromatic heterocycles. The maximum Gasteiger partial charge on any atom is 0.140 e. The molecule has 2 aliphatic rings. The largest absolute Gasteiger partial charge is 0.392 e. The highest BCUT2D eigenvalue weighted by molar-refractivity contribution is 7.97. The van der Waals surface area contributed by atoms with Gasteiger partial charge in [-0.05, 0) is 12.3 Å². The topological polar surface area (TPSA) is 63.3 Å². The predicted molar refractivity (Wildman–Crippen MR) is 42.8 cm³/mol. The van der Waals surface area contributed by atoms with Gasteiger partial charge in [-0.25, -0.2) is 0 Å². The van der Waals surface area contributed by atoms with Crippen LogP contribution in [-0.4, -0.2) is 22.2 Å². The molecule has 62 valence electrons. The van der Waals surface area contributed by atoms with Crippen molar-refractivity contribution in [2.24, 2.45) is 17.0 Å². The Bertz CT molecular complexity index is 197. The van der Waals surface area contributed by atoms with Crippen molar-refractivity contribution in [2.75, 3.05) is 0 Å². The standard InChI is InChI=1S/C7H11NO2S/c8-11-6-2-5(10)7-3(6)1-4(7)9/h3-4,6-7,9H,1-2,8H2. The Labute approximate surface area is 69.5 Å². The molecule has 0 heterocycles. The van der Waals surface area contributed by atoms with E-state index in [0.29, 0.717) is 12.3 Å². The van der Waals surface area contributed by atoms with E-state index in [1.54, 1.807) is 0 Å². The number of carbonyl (C=O) groups is 1. The summed E-state index contributed by atoms with van der Waals surface area (Å²) in [7, 11) is 0. The van der Waals surface area contributed by atoms with Crippen LogP contribution in [-0.2, 0) is 4.79 Å². The van der Waals surface area contributed by atoms with Gasteiger partial charge in [0.2, 0.25) is 0 Å². The van der Waals surface area contributed by atoms with Gasteiger partial charge in [0.05, 0.1) is 6.10 Å². The molecule has 11 heavy (non-hydrogen) atoms. The second kappa shape index (κ2) is 2.47. The van der Waals surface area contributed by atoms with E-state index in [1.165, 1.54) is 11.9 Å². The highest BCUT2D eigenvalue weighted by atomic mass is 32.2. The third-order valence-corrected chi connectivity index (χ3v) is 3.68. The van der Waals surface area contributed by atoms with Crippen molar-refractivity contribution in [1.82, 2.24) is 0 Å². The molecule has 2 aliphatic carbocycles. The van der Waals surface area contributed by atoms with Crippen LogP contribution >= 0.6 is 11.9 Å². The smallest absolute Gasteiger partial charge is 0.140 e. The zero-order valence-electron chi connectivity index (χ0n) is 6.06. The van der Waals surface area contributed by atoms with E-state index >= 15 is 0 Å². The molecule has 2 saturated carbocycles. The molecule has 0 amide bonds. The molecule has 0 bridgehead atoms. The maximum atomic E-state index is 11.2. The molecular formula is C7H11NO2S. The highest BCUT2D eigenvalue weighted by Crippen LogP contribution is 2.48. The van der Waals surface area contributed by atoms with E-state index < -0.39 is 0 Å². The van der Waals surface area contributed by atoms with Crippen LogP contribution in [0.25, 0.3) is 0 Å². The molecule has 2 fully saturated rings. The third kappa shape index (κ3) is 0.931. The second-order valence-corrected chi connectivity index (χ2v) is 4.22. The SMILES string of the molecule is NSC1CC(=O)C2C(O)CC12. The Hall–Kier alpha value is -0.0600. The van der Waals surface area contributed by atoms with E-state index in [1.807, 2.05) is 0 Å². The number of nitrogens with two attached hydrogens (primary N) is 1. The molecule has 0 aromatic carbocycles. The normalized spacial score (nSPS) is 48.7. The lowest BCUT2D eigenvalue weighted by atomic mass is 9.73. The predicted octanol–water partition coefficient (Wildman–Crippen LogP) is -0.0683. The summed E-state index contributed by atoms with van der Waals surface area (Å²) in [6.07, 6.45) is 0.961. The lowest BCUT2D eigenvalue weighted by Crippen LogP contribution is -2.43. The number of aliphatic hydroxyl groups is 1. The van der Waals surface area contributed by atoms with Gasteiger partial charge in [0, 0.05) is 17.6 Å². The molecule has 2 rings (SSSR count). The van der Waals surface area contributed by atoms with Gasteiger partial charge in [-0.15, -0.1) is 0 Å². The van der Waals surface area contributed by atoms with Crippen molar-refractivity contribution in [3.8, 4) is 0 Å². The molecule has 0 radical (unpaired) electrons. The van der Waals surface area contributed by atoms with Gasteiger partial charge in [0.15, 0.2) is 0 Å². The van der Waals surface area contributed by atoms with Crippen molar-refractivity contribution in [1.29, 1.82) is 0 Å². The first-order valence-electron chi connectivity index (χ1n) is 3.80. The molecule has 4 atom stereocenters. The van der Waals surface area contributed by atoms with Gasteiger partial charge < -0.3 is 5.11 Å². The van der Waals surface area contributed by atoms with Crippen LogP contribution in [0.4, 0.5) is 0 Å². The van der Waals surface area contributed by atoms with Gasteiger partial charge >= 0.3 is 0 Å². The minimum Gasteiger partial charge on any atom is -0.392 e. The van der Waals surface area contributed by atoms with Crippen molar-refractivity contribution in [2.45, 2.75) is 24.2 Å². The van der Waals surface area contributed by atoms with Crippen LogP contribution in [0.5, 0.6) is 0 Å². The molecule has 4 unspecified atom stereocenters. The quantitative estimate of drug-likeness (QED) is 0.545. The summed E-state index contributed by atoms with van der Waals surface area (Å²) in [5, 5.41) is 14.9. The molecular weight excluding hydrogens is 162 g/mol. The fraction of sp³-hybridized carbons (Fsp3) is 0.857. The molecule has 0 aliphatic heterocycles. The fourth-order valence-electron chi connectivity index (χ4n) is 2.13. The number of carbonyl (C=O) groups excluding carboxylic acids is 1. The van der Waals surface area contributed by atoms with Gasteiger partial charge in [-0.1, -0.05) is 11.9 Å². The number of hydrogen-bond acceptors (Lipinski definition) is 4.